The molecule has 0 saturated heterocycles. The van der Waals surface area contributed by atoms with E-state index >= 15 is 8.42 Å². The molecule has 432 valence electrons. The SMILES string of the molecule is CCCCCCCCCCCCCCN1CC=CC=C1c1cc2[nH]c1c(S(=O)(=O)O)c1ccc([nH]1)c(S(=O)(=O)OC1=CC=CCN1C)c1nc(c(S(=O)(=O)OC3=CC=CCN3C)c3nc(c2S(=O)(=O)OC2=CC=CCN2C)C=C3)C=C1. The highest BCUT2D eigenvalue weighted by molar-refractivity contribution is 7.87. The highest BCUT2D eigenvalue weighted by Crippen LogP contribution is 2.39. The number of allylic oxidation sites excluding steroid dienone is 8. The average molecular weight is 1190 g/mol. The van der Waals surface area contributed by atoms with E-state index in [0.29, 0.717) is 38.4 Å². The van der Waals surface area contributed by atoms with Gasteiger partial charge in [-0.25, -0.2) is 9.97 Å². The van der Waals surface area contributed by atoms with Crippen LogP contribution in [-0.2, 0) is 53.0 Å². The normalized spacial score (nSPS) is 16.5. The van der Waals surface area contributed by atoms with E-state index < -0.39 is 60.1 Å². The van der Waals surface area contributed by atoms with Gasteiger partial charge in [0.05, 0.1) is 44.8 Å². The fraction of sp³-hybridized carbons (Fsp3) is 0.368. The van der Waals surface area contributed by atoms with Gasteiger partial charge in [-0.3, -0.25) is 4.55 Å². The second-order valence-electron chi connectivity index (χ2n) is 20.3. The van der Waals surface area contributed by atoms with Crippen molar-refractivity contribution in [3.8, 4) is 0 Å². The largest absolute Gasteiger partial charge is 0.367 e. The van der Waals surface area contributed by atoms with Gasteiger partial charge < -0.3 is 42.1 Å². The van der Waals surface area contributed by atoms with Gasteiger partial charge in [-0.1, -0.05) is 126 Å². The smallest absolute Gasteiger partial charge is 0.344 e. The maximum absolute atomic E-state index is 15.2. The van der Waals surface area contributed by atoms with Crippen LogP contribution in [0.4, 0.5) is 0 Å². The van der Waals surface area contributed by atoms with E-state index in [4.69, 9.17) is 12.5 Å². The van der Waals surface area contributed by atoms with E-state index in [-0.39, 0.29) is 68.1 Å². The van der Waals surface area contributed by atoms with E-state index in [9.17, 15) is 29.8 Å². The summed E-state index contributed by atoms with van der Waals surface area (Å²) >= 11 is 0. The summed E-state index contributed by atoms with van der Waals surface area (Å²) in [6, 6.07) is 3.90. The molecule has 0 atom stereocenters. The van der Waals surface area contributed by atoms with E-state index in [1.165, 1.54) is 115 Å². The zero-order valence-corrected chi connectivity index (χ0v) is 49.0. The number of H-pyrrole nitrogens is 2. The van der Waals surface area contributed by atoms with Crippen LogP contribution >= 0.6 is 0 Å². The predicted molar refractivity (Wildman–Crippen MR) is 313 cm³/mol. The lowest BCUT2D eigenvalue weighted by Crippen LogP contribution is -2.25. The van der Waals surface area contributed by atoms with E-state index in [1.807, 2.05) is 11.0 Å². The minimum absolute atomic E-state index is 0.0710. The molecule has 0 amide bonds. The van der Waals surface area contributed by atoms with Gasteiger partial charge in [0, 0.05) is 65.1 Å². The summed E-state index contributed by atoms with van der Waals surface area (Å²) in [7, 11) is -15.6. The van der Waals surface area contributed by atoms with Gasteiger partial charge in [-0.15, -0.1) is 0 Å². The van der Waals surface area contributed by atoms with Gasteiger partial charge in [-0.2, -0.15) is 33.7 Å². The number of aromatic nitrogens is 4. The molecule has 9 rings (SSSR count). The Morgan fingerprint density at radius 2 is 0.889 bits per heavy atom. The highest BCUT2D eigenvalue weighted by atomic mass is 32.2. The average Bonchev–Trinajstić information content (AvgIpc) is 4.47. The van der Waals surface area contributed by atoms with E-state index in [2.05, 4.69) is 26.9 Å². The fourth-order valence-electron chi connectivity index (χ4n) is 10.1. The number of rotatable bonds is 24. The summed E-state index contributed by atoms with van der Waals surface area (Å²) in [5, 5.41) is 0. The van der Waals surface area contributed by atoms with Gasteiger partial charge in [-0.05, 0) is 73.2 Å². The number of aromatic amines is 2. The van der Waals surface area contributed by atoms with Gasteiger partial charge in [0.2, 0.25) is 17.6 Å². The Labute approximate surface area is 474 Å². The van der Waals surface area contributed by atoms with Crippen molar-refractivity contribution in [3.63, 3.8) is 0 Å². The molecule has 8 bridgehead atoms. The van der Waals surface area contributed by atoms with Gasteiger partial charge in [0.1, 0.15) is 4.90 Å². The van der Waals surface area contributed by atoms with Gasteiger partial charge >= 0.3 is 30.4 Å². The molecule has 0 aromatic carbocycles. The second kappa shape index (κ2) is 24.9. The Morgan fingerprint density at radius 3 is 1.35 bits per heavy atom. The predicted octanol–water partition coefficient (Wildman–Crippen LogP) is 9.96. The molecule has 0 unspecified atom stereocenters. The van der Waals surface area contributed by atoms with Crippen LogP contribution in [0, 0.1) is 0 Å². The molecule has 9 heterocycles. The standard InChI is InChI=1S/C57H68N8O12S4/c1-5-6-7-8-9-10-11-12-13-14-15-20-38-65-39-24-16-25-49(65)41-40-48-56(81(73,74)77-52-28-19-23-37-64(52)4)46-32-31-44(59-46)54(79(69,70)75-50-26-17-21-35-62(50)2)42-29-30-43(58-42)55(80(71,72)76-51-27-18-22-36-63(51)3)45-33-34-47(60-45)57(53(41)61-48)78(66,67)68/h16-19,21-34,40,60-61H,5-15,20,35-39H2,1-4H3,(H,66,67,68). The molecule has 24 heteroatoms. The molecule has 0 radical (unpaired) electrons. The minimum Gasteiger partial charge on any atom is -0.367 e. The summed E-state index contributed by atoms with van der Waals surface area (Å²) in [5.74, 6) is -0.217. The van der Waals surface area contributed by atoms with Crippen LogP contribution in [-0.4, -0.2) is 132 Å². The molecule has 81 heavy (non-hydrogen) atoms. The van der Waals surface area contributed by atoms with Crippen molar-refractivity contribution < 1.29 is 50.8 Å². The molecule has 0 fully saturated rings. The Kier molecular flexibility index (Phi) is 18.0. The number of hydrogen-bond acceptors (Lipinski definition) is 17. The van der Waals surface area contributed by atoms with Crippen LogP contribution in [0.2, 0.25) is 0 Å². The molecule has 6 aliphatic rings. The van der Waals surface area contributed by atoms with Crippen molar-refractivity contribution in [1.82, 2.24) is 39.5 Å². The molecular formula is C57H68N8O12S4. The van der Waals surface area contributed by atoms with Crippen molar-refractivity contribution in [1.29, 1.82) is 0 Å². The Balaban J connectivity index is 1.29. The van der Waals surface area contributed by atoms with Crippen molar-refractivity contribution >= 4 is 92.5 Å². The number of fused-ring (bicyclic) bond motifs is 8. The molecule has 3 N–H and O–H groups in total. The van der Waals surface area contributed by atoms with Crippen LogP contribution in [0.25, 0.3) is 52.1 Å². The highest BCUT2D eigenvalue weighted by Gasteiger charge is 2.35. The Hall–Kier alpha value is -7.12. The summed E-state index contributed by atoms with van der Waals surface area (Å²) in [4.78, 5) is 19.1. The fourth-order valence-corrected chi connectivity index (χ4v) is 14.6. The summed E-state index contributed by atoms with van der Waals surface area (Å²) in [6.45, 7) is 4.01. The molecule has 3 aromatic heterocycles. The zero-order chi connectivity index (χ0) is 57.5. The summed E-state index contributed by atoms with van der Waals surface area (Å²) < 4.78 is 147. The van der Waals surface area contributed by atoms with E-state index in [1.54, 1.807) is 74.7 Å². The van der Waals surface area contributed by atoms with Crippen molar-refractivity contribution in [2.45, 2.75) is 104 Å². The Bertz CT molecular complexity index is 3900. The minimum atomic E-state index is -5.35. The first kappa shape index (κ1) is 58.5. The van der Waals surface area contributed by atoms with Crippen LogP contribution in [0.3, 0.4) is 0 Å². The lowest BCUT2D eigenvalue weighted by atomic mass is 10.0. The van der Waals surface area contributed by atoms with E-state index in [0.717, 1.165) is 32.1 Å². The first-order chi connectivity index (χ1) is 38.8. The first-order valence-electron chi connectivity index (χ1n) is 27.1. The first-order valence-corrected chi connectivity index (χ1v) is 32.8. The molecule has 3 aromatic rings. The molecule has 0 saturated carbocycles. The molecule has 20 nitrogen and oxygen atoms in total. The number of likely N-dealkylation sites (N-methyl/N-ethyl adjacent to an activating group) is 3. The van der Waals surface area contributed by atoms with Crippen molar-refractivity contribution in [2.24, 2.45) is 0 Å². The van der Waals surface area contributed by atoms with Crippen molar-refractivity contribution in [2.75, 3.05) is 53.9 Å². The number of unbranched alkanes of at least 4 members (excludes halogenated alkanes) is 11. The summed E-state index contributed by atoms with van der Waals surface area (Å²) in [5.41, 5.74) is -2.02. The number of nitrogens with zero attached hydrogens (tertiary/aromatic N) is 6. The van der Waals surface area contributed by atoms with Gasteiger partial charge in [0.15, 0.2) is 14.7 Å². The number of hydrogen-bond donors (Lipinski definition) is 3. The molecule has 6 aliphatic heterocycles. The lowest BCUT2D eigenvalue weighted by molar-refractivity contribution is 0.264. The zero-order valence-electron chi connectivity index (χ0n) is 45.7. The summed E-state index contributed by atoms with van der Waals surface area (Å²) in [6.07, 6.45) is 38.6. The van der Waals surface area contributed by atoms with Crippen LogP contribution < -0.4 is 0 Å². The molecule has 0 aliphatic carbocycles. The molecular weight excluding hydrogens is 1120 g/mol. The van der Waals surface area contributed by atoms with Crippen LogP contribution in [0.5, 0.6) is 0 Å². The third-order valence-electron chi connectivity index (χ3n) is 14.3. The van der Waals surface area contributed by atoms with Crippen LogP contribution in [0.15, 0.2) is 128 Å². The lowest BCUT2D eigenvalue weighted by Gasteiger charge is -2.28. The third-order valence-corrected chi connectivity index (χ3v) is 19.2. The van der Waals surface area contributed by atoms with Gasteiger partial charge in [0.25, 0.3) is 10.1 Å². The number of nitrogens with one attached hydrogen (secondary N) is 2. The van der Waals surface area contributed by atoms with Crippen molar-refractivity contribution in [3.05, 3.63) is 137 Å². The monoisotopic (exact) mass is 1180 g/mol. The Morgan fingerprint density at radius 1 is 0.494 bits per heavy atom. The quantitative estimate of drug-likeness (QED) is 0.0295. The topological polar surface area (TPSA) is 255 Å². The molecule has 0 spiro atoms. The third kappa shape index (κ3) is 13.5. The maximum Gasteiger partial charge on any atom is 0.344 e. The maximum atomic E-state index is 15.2. The second-order valence-corrected chi connectivity index (χ2v) is 26.2. The van der Waals surface area contributed by atoms with Crippen LogP contribution in [0.1, 0.15) is 112 Å².